The van der Waals surface area contributed by atoms with Crippen LogP contribution in [0.4, 0.5) is 9.18 Å². The molecule has 1 rings (SSSR count). The molecule has 6 heteroatoms. The largest absolute Gasteiger partial charge is 0.477 e. The minimum absolute atomic E-state index is 0.452. The van der Waals surface area contributed by atoms with Crippen molar-refractivity contribution >= 4 is 12.1 Å². The number of amides is 1. The lowest BCUT2D eigenvalue weighted by Crippen LogP contribution is -2.53. The van der Waals surface area contributed by atoms with E-state index < -0.39 is 29.9 Å². The van der Waals surface area contributed by atoms with Gasteiger partial charge in [0.15, 0.2) is 0 Å². The van der Waals surface area contributed by atoms with Gasteiger partial charge in [0.1, 0.15) is 5.60 Å². The second-order valence-electron chi connectivity index (χ2n) is 5.40. The number of carboxylic acids is 1. The first-order valence-electron chi connectivity index (χ1n) is 6.10. The van der Waals surface area contributed by atoms with Gasteiger partial charge in [-0.25, -0.2) is 14.0 Å². The summed E-state index contributed by atoms with van der Waals surface area (Å²) in [7, 11) is 0. The molecule has 0 aliphatic heterocycles. The van der Waals surface area contributed by atoms with E-state index in [2.05, 4.69) is 0 Å². The van der Waals surface area contributed by atoms with Gasteiger partial charge in [0, 0.05) is 6.42 Å². The Balaban J connectivity index is 2.82. The second-order valence-corrected chi connectivity index (χ2v) is 5.40. The van der Waals surface area contributed by atoms with Crippen LogP contribution in [0.1, 0.15) is 26.3 Å². The quantitative estimate of drug-likeness (QED) is 0.832. The highest BCUT2D eigenvalue weighted by molar-refractivity contribution is 5.83. The normalized spacial score (nSPS) is 14.2. The molecule has 1 unspecified atom stereocenters. The van der Waals surface area contributed by atoms with Crippen LogP contribution in [0.5, 0.6) is 0 Å². The van der Waals surface area contributed by atoms with Crippen molar-refractivity contribution in [1.82, 2.24) is 5.32 Å². The van der Waals surface area contributed by atoms with E-state index in [0.29, 0.717) is 5.56 Å². The molecule has 1 aromatic carbocycles. The van der Waals surface area contributed by atoms with Crippen LogP contribution < -0.4 is 5.32 Å². The molecule has 0 heterocycles. The van der Waals surface area contributed by atoms with Crippen molar-refractivity contribution in [2.24, 2.45) is 0 Å². The molecule has 5 nitrogen and oxygen atoms in total. The molecule has 0 aliphatic carbocycles. The summed E-state index contributed by atoms with van der Waals surface area (Å²) in [6.07, 6.45) is -1.60. The summed E-state index contributed by atoms with van der Waals surface area (Å²) in [6, 6.07) is 8.20. The highest BCUT2D eigenvalue weighted by atomic mass is 19.1. The number of nitrogens with one attached hydrogen (secondary N) is 1. The fourth-order valence-electron chi connectivity index (χ4n) is 1.52. The molecule has 0 radical (unpaired) electrons. The zero-order chi connectivity index (χ0) is 15.4. The van der Waals surface area contributed by atoms with Gasteiger partial charge in [0.2, 0.25) is 0 Å². The minimum Gasteiger partial charge on any atom is -0.477 e. The van der Waals surface area contributed by atoms with Crippen LogP contribution in [0.15, 0.2) is 30.3 Å². The van der Waals surface area contributed by atoms with Gasteiger partial charge in [-0.2, -0.15) is 0 Å². The maximum Gasteiger partial charge on any atom is 0.410 e. The van der Waals surface area contributed by atoms with Crippen molar-refractivity contribution < 1.29 is 23.8 Å². The van der Waals surface area contributed by atoms with Gasteiger partial charge < -0.3 is 9.84 Å². The van der Waals surface area contributed by atoms with Gasteiger partial charge in [-0.3, -0.25) is 5.32 Å². The van der Waals surface area contributed by atoms with E-state index in [-0.39, 0.29) is 0 Å². The van der Waals surface area contributed by atoms with Crippen LogP contribution in [0.2, 0.25) is 0 Å². The summed E-state index contributed by atoms with van der Waals surface area (Å²) < 4.78 is 19.3. The van der Waals surface area contributed by atoms with Crippen LogP contribution >= 0.6 is 0 Å². The summed E-state index contributed by atoms with van der Waals surface area (Å²) in [4.78, 5) is 22.6. The lowest BCUT2D eigenvalue weighted by atomic mass is 10.0. The molecular formula is C14H18FNO4. The topological polar surface area (TPSA) is 75.6 Å². The van der Waals surface area contributed by atoms with E-state index in [1.165, 1.54) is 0 Å². The van der Waals surface area contributed by atoms with E-state index >= 15 is 0 Å². The fraction of sp³-hybridized carbons (Fsp3) is 0.429. The number of aliphatic carboxylic acids is 1. The number of hydrogen-bond acceptors (Lipinski definition) is 3. The van der Waals surface area contributed by atoms with Crippen molar-refractivity contribution in [3.63, 3.8) is 0 Å². The second kappa shape index (κ2) is 5.90. The van der Waals surface area contributed by atoms with Gasteiger partial charge in [-0.05, 0) is 26.3 Å². The molecule has 0 aliphatic rings. The van der Waals surface area contributed by atoms with Crippen molar-refractivity contribution in [1.29, 1.82) is 0 Å². The predicted octanol–water partition coefficient (Wildman–Crippen LogP) is 2.50. The lowest BCUT2D eigenvalue weighted by Gasteiger charge is -2.25. The van der Waals surface area contributed by atoms with Crippen LogP contribution in [-0.4, -0.2) is 28.6 Å². The Morgan fingerprint density at radius 2 is 1.80 bits per heavy atom. The van der Waals surface area contributed by atoms with E-state index in [9.17, 15) is 14.0 Å². The highest BCUT2D eigenvalue weighted by Crippen LogP contribution is 2.17. The third-order valence-corrected chi connectivity index (χ3v) is 2.33. The van der Waals surface area contributed by atoms with Gasteiger partial charge in [0.05, 0.1) is 0 Å². The number of rotatable bonds is 4. The average Bonchev–Trinajstić information content (AvgIpc) is 2.26. The van der Waals surface area contributed by atoms with Crippen molar-refractivity contribution in [3.05, 3.63) is 35.9 Å². The van der Waals surface area contributed by atoms with Crippen LogP contribution in [-0.2, 0) is 16.0 Å². The molecule has 1 atom stereocenters. The fourth-order valence-corrected chi connectivity index (χ4v) is 1.52. The number of carbonyl (C=O) groups excluding carboxylic acids is 1. The number of hydrogen-bond donors (Lipinski definition) is 2. The van der Waals surface area contributed by atoms with Gasteiger partial charge >= 0.3 is 12.1 Å². The number of carbonyl (C=O) groups is 2. The Morgan fingerprint density at radius 3 is 2.25 bits per heavy atom. The van der Waals surface area contributed by atoms with E-state index in [4.69, 9.17) is 9.84 Å². The Kier molecular flexibility index (Phi) is 4.70. The predicted molar refractivity (Wildman–Crippen MR) is 71.0 cm³/mol. The van der Waals surface area contributed by atoms with E-state index in [1.54, 1.807) is 56.4 Å². The number of halogens is 1. The number of alkyl halides is 1. The zero-order valence-electron chi connectivity index (χ0n) is 11.6. The van der Waals surface area contributed by atoms with Crippen LogP contribution in [0.3, 0.4) is 0 Å². The molecule has 0 fully saturated rings. The maximum absolute atomic E-state index is 14.4. The maximum atomic E-state index is 14.4. The van der Waals surface area contributed by atoms with E-state index in [0.717, 1.165) is 0 Å². The Labute approximate surface area is 116 Å². The standard InChI is InChI=1S/C14H18FNO4/c1-13(2,3)20-12(19)16-14(15,11(17)18)9-10-7-5-4-6-8-10/h4-8H,9H2,1-3H3,(H,16,19)(H,17,18). The molecule has 2 N–H and O–H groups in total. The molecule has 0 spiro atoms. The first-order chi connectivity index (χ1) is 9.12. The SMILES string of the molecule is CC(C)(C)OC(=O)NC(F)(Cc1ccccc1)C(=O)O. The summed E-state index contributed by atoms with van der Waals surface area (Å²) >= 11 is 0. The lowest BCUT2D eigenvalue weighted by molar-refractivity contribution is -0.153. The molecule has 0 aromatic heterocycles. The Morgan fingerprint density at radius 1 is 1.25 bits per heavy atom. The van der Waals surface area contributed by atoms with Crippen molar-refractivity contribution in [2.45, 2.75) is 38.6 Å². The van der Waals surface area contributed by atoms with Crippen LogP contribution in [0.25, 0.3) is 0 Å². The molecule has 110 valence electrons. The van der Waals surface area contributed by atoms with Gasteiger partial charge in [-0.15, -0.1) is 0 Å². The summed E-state index contributed by atoms with van der Waals surface area (Å²) in [5.74, 6) is -4.68. The number of alkyl carbamates (subject to hydrolysis) is 1. The van der Waals surface area contributed by atoms with Gasteiger partial charge in [-0.1, -0.05) is 30.3 Å². The smallest absolute Gasteiger partial charge is 0.410 e. The number of ether oxygens (including phenoxy) is 1. The Bertz CT molecular complexity index is 484. The van der Waals surface area contributed by atoms with E-state index in [1.807, 2.05) is 0 Å². The molecular weight excluding hydrogens is 265 g/mol. The third kappa shape index (κ3) is 4.87. The minimum atomic E-state index is -2.91. The first-order valence-corrected chi connectivity index (χ1v) is 6.10. The zero-order valence-corrected chi connectivity index (χ0v) is 11.6. The molecule has 1 aromatic rings. The molecule has 0 saturated carbocycles. The van der Waals surface area contributed by atoms with Crippen molar-refractivity contribution in [3.8, 4) is 0 Å². The third-order valence-electron chi connectivity index (χ3n) is 2.33. The Hall–Kier alpha value is -2.11. The number of carboxylic acid groups (broad SMARTS) is 1. The number of benzene rings is 1. The molecule has 0 saturated heterocycles. The monoisotopic (exact) mass is 283 g/mol. The molecule has 1 amide bonds. The summed E-state index contributed by atoms with van der Waals surface area (Å²) in [6.45, 7) is 4.80. The summed E-state index contributed by atoms with van der Waals surface area (Å²) in [5, 5.41) is 10.8. The van der Waals surface area contributed by atoms with Crippen molar-refractivity contribution in [2.75, 3.05) is 0 Å². The average molecular weight is 283 g/mol. The first kappa shape index (κ1) is 15.9. The molecule has 20 heavy (non-hydrogen) atoms. The van der Waals surface area contributed by atoms with Crippen LogP contribution in [0, 0.1) is 0 Å². The van der Waals surface area contributed by atoms with Gasteiger partial charge in [0.25, 0.3) is 5.79 Å². The summed E-state index contributed by atoms with van der Waals surface area (Å²) in [5.41, 5.74) is -0.385. The highest BCUT2D eigenvalue weighted by Gasteiger charge is 2.41. The molecule has 0 bridgehead atoms.